The number of benzene rings is 4. The zero-order valence-electron chi connectivity index (χ0n) is 43.7. The third kappa shape index (κ3) is 9.33. The standard InChI is InChI=1S/C54H59N7O10Si3/c1-29(2)44-55-45(30(3)4)57-54(56-44)61-51(67)39-20-16-35(28-43(39)53(61)69)33-14-18-37-41(26-33)49(65)59(47(37)63)22-24-73(9,10)71-74(11,12)70-72(7,8)23-21-58-46(62)36-17-13-32(25-40(36)48(58)64)34-15-19-38-42(27-34)52(68)60(31(5)6)50(38)66/h13-20,25-31H,21-24H2,1-12H3. The van der Waals surface area contributed by atoms with E-state index in [-0.39, 0.29) is 76.5 Å². The highest BCUT2D eigenvalue weighted by Crippen LogP contribution is 2.37. The number of hydrogen-bond acceptors (Lipinski definition) is 13. The van der Waals surface area contributed by atoms with Crippen molar-refractivity contribution in [3.05, 3.63) is 129 Å². The molecule has 4 aromatic carbocycles. The fourth-order valence-corrected chi connectivity index (χ4v) is 23.6. The predicted octanol–water partition coefficient (Wildman–Crippen LogP) is 9.29. The Morgan fingerprint density at radius 2 is 0.730 bits per heavy atom. The van der Waals surface area contributed by atoms with Gasteiger partial charge in [0.2, 0.25) is 5.95 Å². The SMILES string of the molecule is CC(C)c1nc(C(C)C)nc(N2C(=O)c3ccc(-c4ccc5c(c4)C(=O)N(CC[Si](C)(C)O[Si](C)(C)O[Si](C)(C)CCN4C(=O)c6ccc(-c7ccc8c(c7)C(=O)N(C(C)C)C8=O)cc6C4=O)C5=O)cc3C2=O)n1. The van der Waals surface area contributed by atoms with Crippen molar-refractivity contribution in [3.63, 3.8) is 0 Å². The molecular formula is C54H59N7O10Si3. The lowest BCUT2D eigenvalue weighted by atomic mass is 9.97. The van der Waals surface area contributed by atoms with Gasteiger partial charge in [0.05, 0.1) is 44.5 Å². The van der Waals surface area contributed by atoms with Crippen molar-refractivity contribution < 1.29 is 46.6 Å². The first kappa shape index (κ1) is 51.9. The van der Waals surface area contributed by atoms with Gasteiger partial charge in [0, 0.05) is 31.0 Å². The van der Waals surface area contributed by atoms with E-state index in [1.54, 1.807) is 86.6 Å². The second-order valence-corrected chi connectivity index (χ2v) is 34.3. The number of imide groups is 4. The fourth-order valence-electron chi connectivity index (χ4n) is 10.1. The molecule has 0 unspecified atom stereocenters. The molecule has 382 valence electrons. The molecule has 0 saturated heterocycles. The average Bonchev–Trinajstić information content (AvgIpc) is 3.93. The Labute approximate surface area is 432 Å². The molecule has 0 saturated carbocycles. The maximum Gasteiger partial charge on any atom is 0.311 e. The first-order valence-corrected chi connectivity index (χ1v) is 33.9. The Hall–Kier alpha value is -6.98. The van der Waals surface area contributed by atoms with Crippen LogP contribution in [0.3, 0.4) is 0 Å². The van der Waals surface area contributed by atoms with E-state index in [2.05, 4.69) is 15.0 Å². The molecule has 9 rings (SSSR count). The Balaban J connectivity index is 0.811. The van der Waals surface area contributed by atoms with Crippen molar-refractivity contribution in [1.82, 2.24) is 29.7 Å². The van der Waals surface area contributed by atoms with Crippen LogP contribution in [0.1, 0.15) is 148 Å². The first-order valence-electron chi connectivity index (χ1n) is 24.9. The average molecular weight is 1050 g/mol. The van der Waals surface area contributed by atoms with E-state index in [0.717, 1.165) is 4.90 Å². The smallest absolute Gasteiger partial charge is 0.311 e. The molecule has 0 radical (unpaired) electrons. The van der Waals surface area contributed by atoms with Gasteiger partial charge in [-0.25, -0.2) is 9.88 Å². The Bertz CT molecular complexity index is 3290. The van der Waals surface area contributed by atoms with Crippen LogP contribution >= 0.6 is 0 Å². The van der Waals surface area contributed by atoms with Crippen LogP contribution in [0.25, 0.3) is 22.3 Å². The number of fused-ring (bicyclic) bond motifs is 4. The first-order chi connectivity index (χ1) is 34.7. The summed E-state index contributed by atoms with van der Waals surface area (Å²) in [5.74, 6) is -2.66. The normalized spacial score (nSPS) is 15.8. The van der Waals surface area contributed by atoms with E-state index < -0.39 is 60.6 Å². The highest BCUT2D eigenvalue weighted by molar-refractivity contribution is 6.88. The quantitative estimate of drug-likeness (QED) is 0.0668. The van der Waals surface area contributed by atoms with E-state index in [4.69, 9.17) is 8.23 Å². The van der Waals surface area contributed by atoms with Crippen LogP contribution in [0.2, 0.25) is 51.4 Å². The monoisotopic (exact) mass is 1050 g/mol. The van der Waals surface area contributed by atoms with Gasteiger partial charge in [-0.15, -0.1) is 0 Å². The third-order valence-electron chi connectivity index (χ3n) is 13.7. The van der Waals surface area contributed by atoms with E-state index in [1.165, 1.54) is 14.7 Å². The van der Waals surface area contributed by atoms with E-state index >= 15 is 0 Å². The summed E-state index contributed by atoms with van der Waals surface area (Å²) in [4.78, 5) is 127. The van der Waals surface area contributed by atoms with Gasteiger partial charge in [-0.05, 0) is 136 Å². The zero-order chi connectivity index (χ0) is 53.7. The highest BCUT2D eigenvalue weighted by Gasteiger charge is 2.45. The van der Waals surface area contributed by atoms with E-state index in [1.807, 2.05) is 67.0 Å². The molecule has 17 nitrogen and oxygen atoms in total. The minimum Gasteiger partial charge on any atom is -0.436 e. The minimum atomic E-state index is -2.85. The van der Waals surface area contributed by atoms with Crippen LogP contribution in [0.15, 0.2) is 72.8 Å². The summed E-state index contributed by atoms with van der Waals surface area (Å²) in [6, 6.07) is 20.5. The van der Waals surface area contributed by atoms with Gasteiger partial charge in [-0.3, -0.25) is 53.1 Å². The number of aromatic nitrogens is 3. The molecule has 5 heterocycles. The molecule has 4 aliphatic rings. The molecule has 4 aliphatic heterocycles. The number of rotatable bonds is 16. The fraction of sp³-hybridized carbons (Fsp3) is 0.352. The van der Waals surface area contributed by atoms with Gasteiger partial charge in [-0.1, -0.05) is 52.0 Å². The number of nitrogens with zero attached hydrogens (tertiary/aromatic N) is 7. The number of amides is 8. The molecule has 0 aliphatic carbocycles. The Kier molecular flexibility index (Phi) is 13.1. The summed E-state index contributed by atoms with van der Waals surface area (Å²) >= 11 is 0. The molecule has 0 spiro atoms. The van der Waals surface area contributed by atoms with Crippen LogP contribution in [0.5, 0.6) is 0 Å². The Morgan fingerprint density at radius 3 is 1.11 bits per heavy atom. The van der Waals surface area contributed by atoms with Crippen molar-refractivity contribution in [2.24, 2.45) is 0 Å². The molecule has 0 fully saturated rings. The van der Waals surface area contributed by atoms with Crippen molar-refractivity contribution in [2.45, 2.75) is 111 Å². The lowest BCUT2D eigenvalue weighted by Gasteiger charge is -2.39. The van der Waals surface area contributed by atoms with Gasteiger partial charge in [-0.2, -0.15) is 9.97 Å². The van der Waals surface area contributed by atoms with Crippen LogP contribution < -0.4 is 4.90 Å². The number of anilines is 1. The van der Waals surface area contributed by atoms with E-state index in [0.29, 0.717) is 62.7 Å². The molecule has 1 aromatic heterocycles. The van der Waals surface area contributed by atoms with Crippen LogP contribution in [0, 0.1) is 0 Å². The van der Waals surface area contributed by atoms with Crippen LogP contribution in [-0.4, -0.2) is 121 Å². The third-order valence-corrected chi connectivity index (χ3v) is 24.9. The van der Waals surface area contributed by atoms with Gasteiger partial charge in [0.1, 0.15) is 11.6 Å². The molecule has 74 heavy (non-hydrogen) atoms. The summed E-state index contributed by atoms with van der Waals surface area (Å²) in [7, 11) is -8.02. The summed E-state index contributed by atoms with van der Waals surface area (Å²) < 4.78 is 13.7. The number of hydrogen-bond donors (Lipinski definition) is 0. The maximum atomic E-state index is 14.0. The van der Waals surface area contributed by atoms with Gasteiger partial charge in [0.25, 0.3) is 47.3 Å². The second-order valence-electron chi connectivity index (χ2n) is 21.9. The summed E-state index contributed by atoms with van der Waals surface area (Å²) in [5.41, 5.74) is 4.56. The molecular weight excluding hydrogens is 991 g/mol. The van der Waals surface area contributed by atoms with Crippen LogP contribution in [-0.2, 0) is 8.23 Å². The molecule has 0 bridgehead atoms. The lowest BCUT2D eigenvalue weighted by Crippen LogP contribution is -2.53. The molecule has 0 N–H and O–H groups in total. The van der Waals surface area contributed by atoms with Crippen molar-refractivity contribution in [3.8, 4) is 22.3 Å². The van der Waals surface area contributed by atoms with Crippen molar-refractivity contribution in [1.29, 1.82) is 0 Å². The lowest BCUT2D eigenvalue weighted by molar-refractivity contribution is 0.0601. The highest BCUT2D eigenvalue weighted by atomic mass is 28.5. The predicted molar refractivity (Wildman–Crippen MR) is 284 cm³/mol. The maximum absolute atomic E-state index is 14.0. The summed E-state index contributed by atoms with van der Waals surface area (Å²) in [5, 5.41) is 0. The van der Waals surface area contributed by atoms with Crippen molar-refractivity contribution >= 4 is 78.4 Å². The molecule has 5 aromatic rings. The topological polar surface area (TPSA) is 207 Å². The number of carbonyl (C=O) groups is 8. The Morgan fingerprint density at radius 1 is 0.419 bits per heavy atom. The molecule has 20 heteroatoms. The van der Waals surface area contributed by atoms with Crippen LogP contribution in [0.4, 0.5) is 5.95 Å². The number of carbonyl (C=O) groups excluding carboxylic acids is 8. The minimum absolute atomic E-state index is 0.0223. The second kappa shape index (κ2) is 18.7. The molecule has 0 atom stereocenters. The van der Waals surface area contributed by atoms with Crippen molar-refractivity contribution in [2.75, 3.05) is 18.0 Å². The largest absolute Gasteiger partial charge is 0.436 e. The van der Waals surface area contributed by atoms with Gasteiger partial charge >= 0.3 is 8.56 Å². The summed E-state index contributed by atoms with van der Waals surface area (Å²) in [6.45, 7) is 23.6. The van der Waals surface area contributed by atoms with E-state index in [9.17, 15) is 38.4 Å². The zero-order valence-corrected chi connectivity index (χ0v) is 46.7. The summed E-state index contributed by atoms with van der Waals surface area (Å²) in [6.07, 6.45) is 0. The van der Waals surface area contributed by atoms with Gasteiger partial charge in [0.15, 0.2) is 16.6 Å². The molecule has 8 amide bonds. The van der Waals surface area contributed by atoms with Gasteiger partial charge < -0.3 is 8.23 Å².